The summed E-state index contributed by atoms with van der Waals surface area (Å²) in [6, 6.07) is 6.21. The maximum Gasteiger partial charge on any atom is 0.270 e. The van der Waals surface area contributed by atoms with Crippen LogP contribution >= 0.6 is 0 Å². The number of carbonyl (C=O) groups is 1. The lowest BCUT2D eigenvalue weighted by atomic mass is 10.2. The highest BCUT2D eigenvalue weighted by Gasteiger charge is 2.03. The van der Waals surface area contributed by atoms with Crippen molar-refractivity contribution in [1.29, 1.82) is 0 Å². The Labute approximate surface area is 98.5 Å². The largest absolute Gasteiger partial charge is 0.354 e. The van der Waals surface area contributed by atoms with Crippen molar-refractivity contribution in [3.63, 3.8) is 0 Å². The molecule has 1 amide bonds. The number of benzene rings is 1. The van der Waals surface area contributed by atoms with Gasteiger partial charge in [-0.3, -0.25) is 19.9 Å². The molecule has 0 aliphatic heterocycles. The topological polar surface area (TPSA) is 84.6 Å². The van der Waals surface area contributed by atoms with Crippen LogP contribution in [-0.4, -0.2) is 30.1 Å². The van der Waals surface area contributed by atoms with Gasteiger partial charge in [-0.05, 0) is 5.56 Å². The molecule has 0 spiro atoms. The molecule has 0 fully saturated rings. The zero-order chi connectivity index (χ0) is 12.7. The summed E-state index contributed by atoms with van der Waals surface area (Å²) in [4.78, 5) is 24.7. The Morgan fingerprint density at radius 1 is 1.59 bits per heavy atom. The van der Waals surface area contributed by atoms with E-state index in [9.17, 15) is 14.9 Å². The number of carbonyl (C=O) groups excluding carboxylic acids is 1. The van der Waals surface area contributed by atoms with E-state index in [0.717, 1.165) is 0 Å². The van der Waals surface area contributed by atoms with Gasteiger partial charge in [-0.1, -0.05) is 12.1 Å². The molecule has 0 aliphatic carbocycles. The number of nitro groups is 1. The maximum absolute atomic E-state index is 10.6. The third-order valence-corrected chi connectivity index (χ3v) is 1.94. The molecule has 0 heterocycles. The lowest BCUT2D eigenvalue weighted by Gasteiger charge is -1.97. The Balaban J connectivity index is 2.50. The Kier molecular flexibility index (Phi) is 4.80. The minimum absolute atomic E-state index is 0.0378. The minimum Gasteiger partial charge on any atom is -0.354 e. The molecule has 6 nitrogen and oxygen atoms in total. The lowest BCUT2D eigenvalue weighted by Crippen LogP contribution is -2.22. The summed E-state index contributed by atoms with van der Waals surface area (Å²) in [6.07, 6.45) is 1.55. The van der Waals surface area contributed by atoms with Crippen LogP contribution in [0.3, 0.4) is 0 Å². The zero-order valence-corrected chi connectivity index (χ0v) is 9.42. The summed E-state index contributed by atoms with van der Waals surface area (Å²) >= 11 is 0. The van der Waals surface area contributed by atoms with E-state index >= 15 is 0 Å². The van der Waals surface area contributed by atoms with Crippen molar-refractivity contribution >= 4 is 17.8 Å². The first kappa shape index (κ1) is 12.8. The number of nitrogens with one attached hydrogen (secondary N) is 1. The molecule has 0 saturated carbocycles. The van der Waals surface area contributed by atoms with Gasteiger partial charge >= 0.3 is 0 Å². The standard InChI is InChI=1S/C11H13N3O3/c1-9(15)13-6-5-12-8-10-3-2-4-11(7-10)14(16)17/h2-4,7-8H,5-6H2,1H3,(H,13,15). The molecule has 1 aromatic carbocycles. The number of rotatable bonds is 5. The second-order valence-corrected chi connectivity index (χ2v) is 3.37. The molecule has 17 heavy (non-hydrogen) atoms. The van der Waals surface area contributed by atoms with Gasteiger partial charge in [0.15, 0.2) is 0 Å². The predicted molar refractivity (Wildman–Crippen MR) is 64.2 cm³/mol. The fourth-order valence-corrected chi connectivity index (χ4v) is 1.19. The molecule has 0 radical (unpaired) electrons. The summed E-state index contributed by atoms with van der Waals surface area (Å²) < 4.78 is 0. The van der Waals surface area contributed by atoms with E-state index in [1.54, 1.807) is 18.3 Å². The summed E-state index contributed by atoms with van der Waals surface area (Å²) in [5.74, 6) is -0.101. The van der Waals surface area contributed by atoms with E-state index in [4.69, 9.17) is 0 Å². The first-order valence-electron chi connectivity index (χ1n) is 5.08. The van der Waals surface area contributed by atoms with Gasteiger partial charge in [0.1, 0.15) is 0 Å². The van der Waals surface area contributed by atoms with Gasteiger partial charge in [0.25, 0.3) is 5.69 Å². The molecule has 0 atom stereocenters. The van der Waals surface area contributed by atoms with E-state index in [1.807, 2.05) is 0 Å². The lowest BCUT2D eigenvalue weighted by molar-refractivity contribution is -0.384. The van der Waals surface area contributed by atoms with Gasteiger partial charge in [0.05, 0.1) is 11.5 Å². The molecule has 1 rings (SSSR count). The normalized spacial score (nSPS) is 10.4. The highest BCUT2D eigenvalue weighted by Crippen LogP contribution is 2.11. The number of hydrogen-bond acceptors (Lipinski definition) is 4. The molecule has 0 unspecified atom stereocenters. The highest BCUT2D eigenvalue weighted by atomic mass is 16.6. The molecule has 90 valence electrons. The minimum atomic E-state index is -0.450. The summed E-state index contributed by atoms with van der Waals surface area (Å²) in [5, 5.41) is 13.1. The van der Waals surface area contributed by atoms with Gasteiger partial charge in [0.2, 0.25) is 5.91 Å². The number of aliphatic imine (C=N–C) groups is 1. The number of nitrogens with zero attached hydrogens (tertiary/aromatic N) is 2. The first-order valence-corrected chi connectivity index (χ1v) is 5.08. The molecule has 1 N–H and O–H groups in total. The fourth-order valence-electron chi connectivity index (χ4n) is 1.19. The Hall–Kier alpha value is -2.24. The van der Waals surface area contributed by atoms with Crippen LogP contribution in [0.5, 0.6) is 0 Å². The van der Waals surface area contributed by atoms with Crippen LogP contribution in [0.1, 0.15) is 12.5 Å². The Morgan fingerprint density at radius 3 is 3.00 bits per heavy atom. The Bertz CT molecular complexity index is 443. The smallest absolute Gasteiger partial charge is 0.270 e. The van der Waals surface area contributed by atoms with Crippen molar-refractivity contribution in [1.82, 2.24) is 5.32 Å². The van der Waals surface area contributed by atoms with Crippen LogP contribution in [0, 0.1) is 10.1 Å². The average Bonchev–Trinajstić information content (AvgIpc) is 2.28. The van der Waals surface area contributed by atoms with Crippen LogP contribution in [0.2, 0.25) is 0 Å². The van der Waals surface area contributed by atoms with Crippen molar-refractivity contribution in [2.45, 2.75) is 6.92 Å². The zero-order valence-electron chi connectivity index (χ0n) is 9.42. The van der Waals surface area contributed by atoms with Gasteiger partial charge in [-0.15, -0.1) is 0 Å². The number of amides is 1. The third kappa shape index (κ3) is 4.87. The molecule has 6 heteroatoms. The Morgan fingerprint density at radius 2 is 2.35 bits per heavy atom. The van der Waals surface area contributed by atoms with Gasteiger partial charge < -0.3 is 5.32 Å². The van der Waals surface area contributed by atoms with Crippen molar-refractivity contribution in [2.24, 2.45) is 4.99 Å². The van der Waals surface area contributed by atoms with Crippen molar-refractivity contribution in [3.05, 3.63) is 39.9 Å². The van der Waals surface area contributed by atoms with Crippen molar-refractivity contribution < 1.29 is 9.72 Å². The van der Waals surface area contributed by atoms with Crippen molar-refractivity contribution in [2.75, 3.05) is 13.1 Å². The van der Waals surface area contributed by atoms with Crippen molar-refractivity contribution in [3.8, 4) is 0 Å². The second-order valence-electron chi connectivity index (χ2n) is 3.37. The molecule has 0 saturated heterocycles. The van der Waals surface area contributed by atoms with E-state index < -0.39 is 4.92 Å². The summed E-state index contributed by atoms with van der Waals surface area (Å²) in [5.41, 5.74) is 0.706. The number of non-ortho nitro benzene ring substituents is 1. The molecule has 0 bridgehead atoms. The van der Waals surface area contributed by atoms with Gasteiger partial charge in [-0.2, -0.15) is 0 Å². The van der Waals surface area contributed by atoms with Crippen LogP contribution in [-0.2, 0) is 4.79 Å². The molecule has 0 aliphatic rings. The fraction of sp³-hybridized carbons (Fsp3) is 0.273. The molecule has 0 aromatic heterocycles. The van der Waals surface area contributed by atoms with E-state index in [0.29, 0.717) is 18.7 Å². The van der Waals surface area contributed by atoms with Crippen LogP contribution in [0.25, 0.3) is 0 Å². The summed E-state index contributed by atoms with van der Waals surface area (Å²) in [7, 11) is 0. The SMILES string of the molecule is CC(=O)NCCN=Cc1cccc([N+](=O)[O-])c1. The molecular formula is C11H13N3O3. The number of hydrogen-bond donors (Lipinski definition) is 1. The first-order chi connectivity index (χ1) is 8.09. The van der Waals surface area contributed by atoms with Crippen LogP contribution in [0.15, 0.2) is 29.3 Å². The quantitative estimate of drug-likeness (QED) is 0.359. The average molecular weight is 235 g/mol. The predicted octanol–water partition coefficient (Wildman–Crippen LogP) is 1.15. The number of nitro benzene ring substituents is 1. The van der Waals surface area contributed by atoms with Gasteiger partial charge in [0, 0.05) is 31.8 Å². The van der Waals surface area contributed by atoms with E-state index in [2.05, 4.69) is 10.3 Å². The molecular weight excluding hydrogens is 222 g/mol. The third-order valence-electron chi connectivity index (χ3n) is 1.94. The highest BCUT2D eigenvalue weighted by molar-refractivity contribution is 5.80. The maximum atomic E-state index is 10.6. The van der Waals surface area contributed by atoms with Gasteiger partial charge in [-0.25, -0.2) is 0 Å². The second kappa shape index (κ2) is 6.37. The summed E-state index contributed by atoms with van der Waals surface area (Å²) in [6.45, 7) is 2.34. The van der Waals surface area contributed by atoms with E-state index in [-0.39, 0.29) is 11.6 Å². The van der Waals surface area contributed by atoms with E-state index in [1.165, 1.54) is 19.1 Å². The monoisotopic (exact) mass is 235 g/mol. The van der Waals surface area contributed by atoms with Crippen LogP contribution in [0.4, 0.5) is 5.69 Å². The molecule has 1 aromatic rings. The van der Waals surface area contributed by atoms with Crippen LogP contribution < -0.4 is 5.32 Å².